The molecule has 0 aliphatic rings. The van der Waals surface area contributed by atoms with Crippen LogP contribution in [0.2, 0.25) is 0 Å². The number of methoxy groups -OCH3 is 1. The van der Waals surface area contributed by atoms with Crippen molar-refractivity contribution in [3.05, 3.63) is 35.9 Å². The molecule has 4 heteroatoms. The van der Waals surface area contributed by atoms with Crippen molar-refractivity contribution in [3.63, 3.8) is 0 Å². The zero-order chi connectivity index (χ0) is 14.3. The Labute approximate surface area is 114 Å². The van der Waals surface area contributed by atoms with E-state index >= 15 is 0 Å². The smallest absolute Gasteiger partial charge is 0.308 e. The number of ether oxygens (including phenoxy) is 1. The van der Waals surface area contributed by atoms with E-state index in [0.717, 1.165) is 5.56 Å². The van der Waals surface area contributed by atoms with E-state index in [1.54, 1.807) is 0 Å². The highest BCUT2D eigenvalue weighted by Crippen LogP contribution is 2.13. The molecule has 19 heavy (non-hydrogen) atoms. The number of nitrogens with one attached hydrogen (secondary N) is 1. The molecule has 104 valence electrons. The SMILES string of the molecule is COC(=O)[C@@H](C)C[C@H](Cc1ccccc1)NC(C)=O. The summed E-state index contributed by atoms with van der Waals surface area (Å²) in [6, 6.07) is 9.84. The number of hydrogen-bond acceptors (Lipinski definition) is 3. The van der Waals surface area contributed by atoms with E-state index in [2.05, 4.69) is 5.32 Å². The summed E-state index contributed by atoms with van der Waals surface area (Å²) in [6.45, 7) is 3.30. The lowest BCUT2D eigenvalue weighted by Crippen LogP contribution is -2.37. The molecule has 1 N–H and O–H groups in total. The van der Waals surface area contributed by atoms with Crippen LogP contribution in [0.25, 0.3) is 0 Å². The van der Waals surface area contributed by atoms with Crippen molar-refractivity contribution in [2.75, 3.05) is 7.11 Å². The van der Waals surface area contributed by atoms with Gasteiger partial charge in [-0.2, -0.15) is 0 Å². The van der Waals surface area contributed by atoms with Gasteiger partial charge in [0.05, 0.1) is 13.0 Å². The Morgan fingerprint density at radius 3 is 2.42 bits per heavy atom. The van der Waals surface area contributed by atoms with E-state index in [9.17, 15) is 9.59 Å². The lowest BCUT2D eigenvalue weighted by atomic mass is 9.96. The zero-order valence-corrected chi connectivity index (χ0v) is 11.7. The van der Waals surface area contributed by atoms with E-state index in [4.69, 9.17) is 4.74 Å². The first-order valence-corrected chi connectivity index (χ1v) is 6.41. The fraction of sp³-hybridized carbons (Fsp3) is 0.467. The summed E-state index contributed by atoms with van der Waals surface area (Å²) >= 11 is 0. The van der Waals surface area contributed by atoms with Gasteiger partial charge in [0.2, 0.25) is 5.91 Å². The molecule has 1 aromatic rings. The van der Waals surface area contributed by atoms with Crippen molar-refractivity contribution in [1.82, 2.24) is 5.32 Å². The van der Waals surface area contributed by atoms with Gasteiger partial charge in [-0.3, -0.25) is 9.59 Å². The molecule has 4 nitrogen and oxygen atoms in total. The Kier molecular flexibility index (Phi) is 6.06. The van der Waals surface area contributed by atoms with Crippen LogP contribution in [0.15, 0.2) is 30.3 Å². The molecule has 2 atom stereocenters. The van der Waals surface area contributed by atoms with Gasteiger partial charge in [-0.25, -0.2) is 0 Å². The van der Waals surface area contributed by atoms with Gasteiger partial charge in [-0.05, 0) is 18.4 Å². The Balaban J connectivity index is 2.66. The van der Waals surface area contributed by atoms with Gasteiger partial charge in [-0.15, -0.1) is 0 Å². The van der Waals surface area contributed by atoms with Gasteiger partial charge >= 0.3 is 5.97 Å². The quantitative estimate of drug-likeness (QED) is 0.798. The highest BCUT2D eigenvalue weighted by Gasteiger charge is 2.20. The van der Waals surface area contributed by atoms with Crippen molar-refractivity contribution < 1.29 is 14.3 Å². The summed E-state index contributed by atoms with van der Waals surface area (Å²) in [7, 11) is 1.38. The molecule has 0 spiro atoms. The summed E-state index contributed by atoms with van der Waals surface area (Å²) in [4.78, 5) is 22.7. The third-order valence-electron chi connectivity index (χ3n) is 2.97. The number of carbonyl (C=O) groups is 2. The van der Waals surface area contributed by atoms with Gasteiger partial charge < -0.3 is 10.1 Å². The number of esters is 1. The number of hydrogen-bond donors (Lipinski definition) is 1. The second kappa shape index (κ2) is 7.56. The van der Waals surface area contributed by atoms with E-state index < -0.39 is 0 Å². The molecule has 0 aromatic heterocycles. The molecule has 1 amide bonds. The van der Waals surface area contributed by atoms with Crippen LogP contribution < -0.4 is 5.32 Å². The van der Waals surface area contributed by atoms with Crippen LogP contribution >= 0.6 is 0 Å². The molecule has 1 aromatic carbocycles. The van der Waals surface area contributed by atoms with Crippen molar-refractivity contribution >= 4 is 11.9 Å². The largest absolute Gasteiger partial charge is 0.469 e. The maximum Gasteiger partial charge on any atom is 0.308 e. The third kappa shape index (κ3) is 5.55. The monoisotopic (exact) mass is 263 g/mol. The summed E-state index contributed by atoms with van der Waals surface area (Å²) in [5.41, 5.74) is 1.14. The van der Waals surface area contributed by atoms with Gasteiger partial charge in [0.1, 0.15) is 0 Å². The van der Waals surface area contributed by atoms with Gasteiger partial charge in [0, 0.05) is 13.0 Å². The minimum atomic E-state index is -0.247. The lowest BCUT2D eigenvalue weighted by molar-refractivity contribution is -0.145. The molecule has 0 saturated carbocycles. The van der Waals surface area contributed by atoms with Crippen LogP contribution in [-0.4, -0.2) is 25.0 Å². The number of amides is 1. The van der Waals surface area contributed by atoms with Crippen LogP contribution in [-0.2, 0) is 20.7 Å². The van der Waals surface area contributed by atoms with Crippen molar-refractivity contribution in [3.8, 4) is 0 Å². The third-order valence-corrected chi connectivity index (χ3v) is 2.97. The summed E-state index contributed by atoms with van der Waals surface area (Å²) in [6.07, 6.45) is 1.28. The molecule has 0 aliphatic carbocycles. The van der Waals surface area contributed by atoms with E-state index in [1.165, 1.54) is 14.0 Å². The van der Waals surface area contributed by atoms with Crippen LogP contribution in [0, 0.1) is 5.92 Å². The first kappa shape index (κ1) is 15.2. The molecule has 0 bridgehead atoms. The number of rotatable bonds is 6. The van der Waals surface area contributed by atoms with E-state index in [-0.39, 0.29) is 23.8 Å². The lowest BCUT2D eigenvalue weighted by Gasteiger charge is -2.20. The highest BCUT2D eigenvalue weighted by molar-refractivity contribution is 5.74. The van der Waals surface area contributed by atoms with Gasteiger partial charge in [0.15, 0.2) is 0 Å². The van der Waals surface area contributed by atoms with Crippen LogP contribution in [0.4, 0.5) is 0 Å². The summed E-state index contributed by atoms with van der Waals surface area (Å²) < 4.78 is 4.72. The standard InChI is InChI=1S/C15H21NO3/c1-11(15(18)19-3)9-14(16-12(2)17)10-13-7-5-4-6-8-13/h4-8,11,14H,9-10H2,1-3H3,(H,16,17)/t11-,14+/m0/s1. The number of carbonyl (C=O) groups excluding carboxylic acids is 2. The van der Waals surface area contributed by atoms with Crippen molar-refractivity contribution in [2.24, 2.45) is 5.92 Å². The zero-order valence-electron chi connectivity index (χ0n) is 11.7. The Morgan fingerprint density at radius 2 is 1.89 bits per heavy atom. The average molecular weight is 263 g/mol. The topological polar surface area (TPSA) is 55.4 Å². The fourth-order valence-corrected chi connectivity index (χ4v) is 2.10. The van der Waals surface area contributed by atoms with E-state index in [1.807, 2.05) is 37.3 Å². The normalized spacial score (nSPS) is 13.4. The minimum Gasteiger partial charge on any atom is -0.469 e. The van der Waals surface area contributed by atoms with Crippen molar-refractivity contribution in [2.45, 2.75) is 32.7 Å². The summed E-state index contributed by atoms with van der Waals surface area (Å²) in [5.74, 6) is -0.563. The molecule has 0 saturated heterocycles. The van der Waals surface area contributed by atoms with Gasteiger partial charge in [0.25, 0.3) is 0 Å². The molecule has 0 unspecified atom stereocenters. The average Bonchev–Trinajstić information content (AvgIpc) is 2.38. The maximum absolute atomic E-state index is 11.5. The Bertz CT molecular complexity index is 417. The molecule has 0 heterocycles. The van der Waals surface area contributed by atoms with Crippen LogP contribution in [0.5, 0.6) is 0 Å². The van der Waals surface area contributed by atoms with Crippen molar-refractivity contribution in [1.29, 1.82) is 0 Å². The second-order valence-electron chi connectivity index (χ2n) is 4.75. The maximum atomic E-state index is 11.5. The molecule has 1 rings (SSSR count). The van der Waals surface area contributed by atoms with Crippen LogP contribution in [0.3, 0.4) is 0 Å². The van der Waals surface area contributed by atoms with E-state index in [0.29, 0.717) is 12.8 Å². The minimum absolute atomic E-state index is 0.0611. The first-order chi connectivity index (χ1) is 9.02. The first-order valence-electron chi connectivity index (χ1n) is 6.41. The van der Waals surface area contributed by atoms with Gasteiger partial charge in [-0.1, -0.05) is 37.3 Å². The molecule has 0 aliphatic heterocycles. The molecule has 0 radical (unpaired) electrons. The van der Waals surface area contributed by atoms with Crippen LogP contribution in [0.1, 0.15) is 25.8 Å². The molecular weight excluding hydrogens is 242 g/mol. The fourth-order valence-electron chi connectivity index (χ4n) is 2.10. The number of benzene rings is 1. The molecular formula is C15H21NO3. The second-order valence-corrected chi connectivity index (χ2v) is 4.75. The Morgan fingerprint density at radius 1 is 1.26 bits per heavy atom. The predicted molar refractivity (Wildman–Crippen MR) is 73.5 cm³/mol. The molecule has 0 fully saturated rings. The Hall–Kier alpha value is -1.84. The summed E-state index contributed by atoms with van der Waals surface area (Å²) in [5, 5.41) is 2.89. The highest BCUT2D eigenvalue weighted by atomic mass is 16.5. The predicted octanol–water partition coefficient (Wildman–Crippen LogP) is 1.93.